The Bertz CT molecular complexity index is 850. The van der Waals surface area contributed by atoms with Gasteiger partial charge in [0.05, 0.1) is 13.3 Å². The van der Waals surface area contributed by atoms with Crippen LogP contribution in [0.2, 0.25) is 0 Å². The molecule has 2 aromatic carbocycles. The zero-order valence-corrected chi connectivity index (χ0v) is 24.2. The van der Waals surface area contributed by atoms with Crippen LogP contribution >= 0.6 is 0 Å². The molecule has 0 saturated heterocycles. The number of unbranched alkanes of at least 4 members (excludes halogenated alkanes) is 8. The van der Waals surface area contributed by atoms with Crippen molar-refractivity contribution in [3.05, 3.63) is 59.7 Å². The molecule has 0 aliphatic carbocycles. The van der Waals surface area contributed by atoms with E-state index in [4.69, 9.17) is 0 Å². The van der Waals surface area contributed by atoms with Gasteiger partial charge in [0.15, 0.2) is 0 Å². The number of rotatable bonds is 19. The van der Waals surface area contributed by atoms with E-state index in [2.05, 4.69) is 24.5 Å². The van der Waals surface area contributed by atoms with Gasteiger partial charge < -0.3 is 9.80 Å². The highest BCUT2D eigenvalue weighted by atomic mass is 16.2. The Balaban J connectivity index is 1.78. The van der Waals surface area contributed by atoms with Crippen LogP contribution in [0.5, 0.6) is 0 Å². The Morgan fingerprint density at radius 2 is 0.895 bits per heavy atom. The molecule has 210 valence electrons. The second kappa shape index (κ2) is 18.5. The number of nitrogens with zero attached hydrogens (tertiary/aromatic N) is 2. The molecule has 0 fully saturated rings. The summed E-state index contributed by atoms with van der Waals surface area (Å²) in [5, 5.41) is 6.73. The minimum Gasteiger partial charge on any atom is -0.329 e. The Morgan fingerprint density at radius 1 is 0.553 bits per heavy atom. The van der Waals surface area contributed by atoms with E-state index in [0.717, 1.165) is 37.1 Å². The number of hydrogen-bond donors (Lipinski definition) is 2. The van der Waals surface area contributed by atoms with Crippen LogP contribution in [0.4, 0.5) is 0 Å². The molecule has 2 N–H and O–H groups in total. The molecular formula is C32H50N4O2. The summed E-state index contributed by atoms with van der Waals surface area (Å²) in [6.45, 7) is 7.41. The summed E-state index contributed by atoms with van der Waals surface area (Å²) in [6, 6.07) is 15.4. The van der Waals surface area contributed by atoms with Crippen molar-refractivity contribution in [2.24, 2.45) is 0 Å². The van der Waals surface area contributed by atoms with Crippen LogP contribution in [0.15, 0.2) is 48.5 Å². The first-order valence-electron chi connectivity index (χ1n) is 14.6. The molecule has 0 atom stereocenters. The highest BCUT2D eigenvalue weighted by Gasteiger charge is 2.13. The first-order chi connectivity index (χ1) is 18.5. The molecule has 0 bridgehead atoms. The maximum atomic E-state index is 12.8. The summed E-state index contributed by atoms with van der Waals surface area (Å²) in [6.07, 6.45) is 12.4. The lowest BCUT2D eigenvalue weighted by Gasteiger charge is -2.18. The van der Waals surface area contributed by atoms with Gasteiger partial charge in [0.25, 0.3) is 11.8 Å². The van der Waals surface area contributed by atoms with Crippen LogP contribution in [0, 0.1) is 0 Å². The number of carbonyl (C=O) groups is 2. The summed E-state index contributed by atoms with van der Waals surface area (Å²) in [5.74, 6) is 0.0159. The number of hydrogen-bond acceptors (Lipinski definition) is 4. The van der Waals surface area contributed by atoms with E-state index in [0.29, 0.717) is 24.5 Å². The monoisotopic (exact) mass is 522 g/mol. The van der Waals surface area contributed by atoms with E-state index < -0.39 is 0 Å². The van der Waals surface area contributed by atoms with Crippen LogP contribution in [0.1, 0.15) is 98.8 Å². The van der Waals surface area contributed by atoms with E-state index in [9.17, 15) is 9.59 Å². The molecule has 6 nitrogen and oxygen atoms in total. The van der Waals surface area contributed by atoms with Gasteiger partial charge in [0.2, 0.25) is 0 Å². The van der Waals surface area contributed by atoms with E-state index in [-0.39, 0.29) is 11.8 Å². The SMILES string of the molecule is CCCCCCCNCN(C)C(=O)c1ccc(-c2ccc(C(=O)N(C)CNCCCCCCC)cc2)cc1. The smallest absolute Gasteiger partial charge is 0.254 e. The third-order valence-electron chi connectivity index (χ3n) is 6.90. The van der Waals surface area contributed by atoms with Crippen LogP contribution in [-0.4, -0.2) is 62.1 Å². The molecule has 0 heterocycles. The minimum absolute atomic E-state index is 0.00795. The summed E-state index contributed by atoms with van der Waals surface area (Å²) in [7, 11) is 3.66. The Kier molecular flexibility index (Phi) is 15.4. The summed E-state index contributed by atoms with van der Waals surface area (Å²) in [4.78, 5) is 29.0. The lowest BCUT2D eigenvalue weighted by atomic mass is 10.0. The van der Waals surface area contributed by atoms with Gasteiger partial charge in [-0.2, -0.15) is 0 Å². The van der Waals surface area contributed by atoms with Gasteiger partial charge >= 0.3 is 0 Å². The lowest BCUT2D eigenvalue weighted by molar-refractivity contribution is 0.0776. The zero-order valence-electron chi connectivity index (χ0n) is 24.2. The van der Waals surface area contributed by atoms with Gasteiger partial charge in [-0.1, -0.05) is 89.5 Å². The van der Waals surface area contributed by atoms with E-state index in [1.165, 1.54) is 51.4 Å². The van der Waals surface area contributed by atoms with Gasteiger partial charge in [-0.15, -0.1) is 0 Å². The number of carbonyl (C=O) groups excluding carboxylic acids is 2. The van der Waals surface area contributed by atoms with Gasteiger partial charge in [0.1, 0.15) is 0 Å². The molecule has 0 saturated carbocycles. The largest absolute Gasteiger partial charge is 0.329 e. The molecule has 0 aromatic heterocycles. The molecule has 0 radical (unpaired) electrons. The molecule has 0 unspecified atom stereocenters. The van der Waals surface area contributed by atoms with Crippen molar-refractivity contribution < 1.29 is 9.59 Å². The minimum atomic E-state index is 0.00795. The Morgan fingerprint density at radius 3 is 1.24 bits per heavy atom. The maximum Gasteiger partial charge on any atom is 0.254 e. The van der Waals surface area contributed by atoms with Crippen LogP contribution < -0.4 is 10.6 Å². The van der Waals surface area contributed by atoms with Crippen molar-refractivity contribution in [3.63, 3.8) is 0 Å². The van der Waals surface area contributed by atoms with Crippen molar-refractivity contribution in [2.75, 3.05) is 40.5 Å². The summed E-state index contributed by atoms with van der Waals surface area (Å²) >= 11 is 0. The summed E-state index contributed by atoms with van der Waals surface area (Å²) in [5.41, 5.74) is 3.39. The molecule has 2 aromatic rings. The predicted molar refractivity (Wildman–Crippen MR) is 159 cm³/mol. The topological polar surface area (TPSA) is 64.7 Å². The maximum absolute atomic E-state index is 12.8. The second-order valence-corrected chi connectivity index (χ2v) is 10.3. The van der Waals surface area contributed by atoms with E-state index >= 15 is 0 Å². The third kappa shape index (κ3) is 11.4. The first-order valence-corrected chi connectivity index (χ1v) is 14.6. The zero-order chi connectivity index (χ0) is 27.6. The third-order valence-corrected chi connectivity index (χ3v) is 6.90. The highest BCUT2D eigenvalue weighted by Crippen LogP contribution is 2.21. The van der Waals surface area contributed by atoms with Crippen LogP contribution in [0.25, 0.3) is 11.1 Å². The Hall–Kier alpha value is -2.70. The van der Waals surface area contributed by atoms with E-state index in [1.807, 2.05) is 62.6 Å². The molecule has 6 heteroatoms. The summed E-state index contributed by atoms with van der Waals surface area (Å²) < 4.78 is 0. The Labute approximate surface area is 231 Å². The van der Waals surface area contributed by atoms with Crippen molar-refractivity contribution in [1.82, 2.24) is 20.4 Å². The fourth-order valence-corrected chi connectivity index (χ4v) is 4.40. The van der Waals surface area contributed by atoms with Gasteiger partial charge in [-0.25, -0.2) is 0 Å². The number of amides is 2. The number of nitrogens with one attached hydrogen (secondary N) is 2. The molecule has 0 spiro atoms. The molecule has 2 amide bonds. The fraction of sp³-hybridized carbons (Fsp3) is 0.562. The van der Waals surface area contributed by atoms with Gasteiger partial charge in [-0.05, 0) is 61.3 Å². The number of benzene rings is 2. The standard InChI is InChI=1S/C32H50N4O2/c1-5-7-9-11-13-23-33-25-35(3)31(37)29-19-15-27(16-20-29)28-17-21-30(22-18-28)32(38)36(4)26-34-24-14-12-10-8-6-2/h15-22,33-34H,5-14,23-26H2,1-4H3. The van der Waals surface area contributed by atoms with Crippen LogP contribution in [0.3, 0.4) is 0 Å². The molecule has 0 aliphatic heterocycles. The first kappa shape index (κ1) is 31.5. The fourth-order valence-electron chi connectivity index (χ4n) is 4.40. The van der Waals surface area contributed by atoms with Gasteiger partial charge in [0, 0.05) is 25.2 Å². The molecule has 2 rings (SSSR count). The van der Waals surface area contributed by atoms with Crippen LogP contribution in [-0.2, 0) is 0 Å². The van der Waals surface area contributed by atoms with E-state index in [1.54, 1.807) is 9.80 Å². The quantitative estimate of drug-likeness (QED) is 0.163. The molecule has 38 heavy (non-hydrogen) atoms. The predicted octanol–water partition coefficient (Wildman–Crippen LogP) is 6.53. The van der Waals surface area contributed by atoms with Crippen molar-refractivity contribution in [1.29, 1.82) is 0 Å². The van der Waals surface area contributed by atoms with Crippen molar-refractivity contribution in [2.45, 2.75) is 78.1 Å². The normalized spacial score (nSPS) is 10.9. The second-order valence-electron chi connectivity index (χ2n) is 10.3. The lowest BCUT2D eigenvalue weighted by Crippen LogP contribution is -2.36. The molecular weight excluding hydrogens is 472 g/mol. The van der Waals surface area contributed by atoms with Crippen molar-refractivity contribution in [3.8, 4) is 11.1 Å². The van der Waals surface area contributed by atoms with Gasteiger partial charge in [-0.3, -0.25) is 20.2 Å². The molecule has 0 aliphatic rings. The average molecular weight is 523 g/mol. The average Bonchev–Trinajstić information content (AvgIpc) is 2.95. The van der Waals surface area contributed by atoms with Crippen molar-refractivity contribution >= 4 is 11.8 Å². The highest BCUT2D eigenvalue weighted by molar-refractivity contribution is 5.95.